The number of carbonyl (C=O) groups is 4. The highest BCUT2D eigenvalue weighted by Gasteiger charge is 2.77. The van der Waals surface area contributed by atoms with Gasteiger partial charge in [0.1, 0.15) is 5.82 Å². The van der Waals surface area contributed by atoms with Crippen LogP contribution in [0.5, 0.6) is 11.5 Å². The third-order valence-electron chi connectivity index (χ3n) is 9.91. The highest BCUT2D eigenvalue weighted by atomic mass is 79.9. The number of nitrogens with zero attached hydrogens (tertiary/aromatic N) is 2. The molecule has 4 amide bonds. The van der Waals surface area contributed by atoms with Gasteiger partial charge in [0.15, 0.2) is 21.2 Å². The number of aromatic hydroxyl groups is 1. The molecule has 0 spiro atoms. The van der Waals surface area contributed by atoms with Crippen LogP contribution in [0.25, 0.3) is 0 Å². The van der Waals surface area contributed by atoms with Crippen molar-refractivity contribution in [2.75, 3.05) is 16.9 Å². The first-order valence-corrected chi connectivity index (χ1v) is 16.6. The molecule has 3 aromatic rings. The topological polar surface area (TPSA) is 104 Å². The van der Waals surface area contributed by atoms with Crippen molar-refractivity contribution in [3.05, 3.63) is 92.7 Å². The van der Waals surface area contributed by atoms with E-state index in [1.54, 1.807) is 37.3 Å². The minimum absolute atomic E-state index is 0.0509. The highest BCUT2D eigenvalue weighted by Crippen LogP contribution is 2.67. The normalized spacial score (nSPS) is 29.9. The number of rotatable bonds is 4. The van der Waals surface area contributed by atoms with Crippen LogP contribution in [0.3, 0.4) is 0 Å². The number of fused-ring (bicyclic) bond motifs is 4. The molecule has 0 unspecified atom stereocenters. The summed E-state index contributed by atoms with van der Waals surface area (Å²) in [5.41, 5.74) is 1.75. The maximum absolute atomic E-state index is 14.5. The number of methoxy groups -OCH3 is 1. The molecule has 4 aliphatic rings. The molecular weight excluding hydrogens is 738 g/mol. The predicted octanol–water partition coefficient (Wildman–Crippen LogP) is 7.03. The van der Waals surface area contributed by atoms with Gasteiger partial charge in [-0.2, -0.15) is 0 Å². The van der Waals surface area contributed by atoms with Crippen molar-refractivity contribution in [1.82, 2.24) is 0 Å². The second-order valence-electron chi connectivity index (χ2n) is 12.2. The average Bonchev–Trinajstić information content (AvgIpc) is 3.38. The fourth-order valence-electron chi connectivity index (χ4n) is 7.69. The molecule has 242 valence electrons. The van der Waals surface area contributed by atoms with E-state index in [0.717, 1.165) is 27.5 Å². The number of benzene rings is 3. The van der Waals surface area contributed by atoms with Gasteiger partial charge in [0.25, 0.3) is 11.8 Å². The number of ether oxygens (including phenoxy) is 1. The highest BCUT2D eigenvalue weighted by molar-refractivity contribution is 9.10. The van der Waals surface area contributed by atoms with E-state index in [9.17, 15) is 28.7 Å². The Hall–Kier alpha value is -3.44. The van der Waals surface area contributed by atoms with Gasteiger partial charge in [0, 0.05) is 21.0 Å². The second kappa shape index (κ2) is 11.1. The number of allylic oxidation sites excluding steroid dienone is 2. The molecule has 6 atom stereocenters. The lowest BCUT2D eigenvalue weighted by Crippen LogP contribution is -2.60. The molecule has 1 N–H and O–H groups in total. The van der Waals surface area contributed by atoms with Gasteiger partial charge in [-0.1, -0.05) is 45.2 Å². The molecule has 8 nitrogen and oxygen atoms in total. The Morgan fingerprint density at radius 1 is 0.936 bits per heavy atom. The van der Waals surface area contributed by atoms with Gasteiger partial charge >= 0.3 is 0 Å². The quantitative estimate of drug-likeness (QED) is 0.174. The SMILES string of the molecule is COc1cc(Br)cc([C@H]2C3=CC[C@@H]4C(=O)N(c5ccc(C)c(Cl)c5)C(=O)[C@@H]4[C@@H]3C[C@@]3(Cl)C(=O)N(c4ccc(F)cc4)C(=O)[C@@]23Cl)c1O. The Balaban J connectivity index is 1.43. The van der Waals surface area contributed by atoms with Gasteiger partial charge in [-0.25, -0.2) is 14.2 Å². The summed E-state index contributed by atoms with van der Waals surface area (Å²) >= 11 is 24.6. The van der Waals surface area contributed by atoms with E-state index < -0.39 is 62.9 Å². The number of phenols is 1. The summed E-state index contributed by atoms with van der Waals surface area (Å²) in [4.78, 5) is 54.6. The van der Waals surface area contributed by atoms with Crippen LogP contribution in [0.2, 0.25) is 5.02 Å². The Morgan fingerprint density at radius 3 is 2.28 bits per heavy atom. The van der Waals surface area contributed by atoms with E-state index in [4.69, 9.17) is 39.5 Å². The molecular formula is C34H25BrCl3FN2O6. The first-order chi connectivity index (χ1) is 22.2. The number of alkyl halides is 2. The zero-order valence-electron chi connectivity index (χ0n) is 24.8. The standard InChI is InChI=1S/C34H25BrCl3FN2O6/c1-15-3-6-19(13-24(15)36)40-29(43)21-10-9-20-23(26(21)30(40)44)14-33(37)31(45)41(18-7-4-17(39)5-8-18)32(46)34(33,38)27(20)22-11-16(35)12-25(47-2)28(22)42/h3-9,11-13,21,23,26-27,42H,10,14H2,1-2H3/t21-,23+,26-,27+,33+,34-/m0/s1. The van der Waals surface area contributed by atoms with Gasteiger partial charge in [-0.15, -0.1) is 23.2 Å². The van der Waals surface area contributed by atoms with E-state index in [0.29, 0.717) is 20.8 Å². The number of carbonyl (C=O) groups excluding carboxylic acids is 4. The molecule has 2 saturated heterocycles. The minimum atomic E-state index is -2.21. The molecule has 0 aromatic heterocycles. The van der Waals surface area contributed by atoms with Gasteiger partial charge in [-0.05, 0) is 79.8 Å². The van der Waals surface area contributed by atoms with Crippen LogP contribution in [0, 0.1) is 30.5 Å². The number of amides is 4. The van der Waals surface area contributed by atoms with Gasteiger partial charge in [0.05, 0.1) is 30.3 Å². The monoisotopic (exact) mass is 760 g/mol. The third-order valence-corrected chi connectivity index (χ3v) is 12.2. The fourth-order valence-corrected chi connectivity index (χ4v) is 9.25. The molecule has 3 fully saturated rings. The van der Waals surface area contributed by atoms with Crippen LogP contribution in [0.1, 0.15) is 29.9 Å². The van der Waals surface area contributed by atoms with Gasteiger partial charge in [0.2, 0.25) is 11.8 Å². The molecule has 7 rings (SSSR count). The van der Waals surface area contributed by atoms with Crippen LogP contribution >= 0.6 is 50.7 Å². The molecule has 0 radical (unpaired) electrons. The van der Waals surface area contributed by atoms with Gasteiger partial charge < -0.3 is 9.84 Å². The largest absolute Gasteiger partial charge is 0.504 e. The van der Waals surface area contributed by atoms with Crippen LogP contribution in [-0.4, -0.2) is 45.6 Å². The predicted molar refractivity (Wildman–Crippen MR) is 178 cm³/mol. The Kier molecular flexibility index (Phi) is 7.55. The lowest BCUT2D eigenvalue weighted by Gasteiger charge is -2.50. The van der Waals surface area contributed by atoms with Crippen molar-refractivity contribution in [2.24, 2.45) is 17.8 Å². The molecule has 2 heterocycles. The smallest absolute Gasteiger partial charge is 0.258 e. The zero-order chi connectivity index (χ0) is 33.7. The first kappa shape index (κ1) is 32.1. The fraction of sp³-hybridized carbons (Fsp3) is 0.294. The first-order valence-electron chi connectivity index (χ1n) is 14.7. The van der Waals surface area contributed by atoms with E-state index in [2.05, 4.69) is 15.9 Å². The number of aryl methyl sites for hydroxylation is 1. The van der Waals surface area contributed by atoms with Crippen molar-refractivity contribution in [3.8, 4) is 11.5 Å². The second-order valence-corrected chi connectivity index (χ2v) is 14.8. The van der Waals surface area contributed by atoms with Crippen LogP contribution in [0.15, 0.2) is 70.7 Å². The molecule has 2 aliphatic heterocycles. The Labute approximate surface area is 292 Å². The number of phenolic OH excluding ortho intramolecular Hbond substituents is 1. The molecule has 1 saturated carbocycles. The average molecular weight is 763 g/mol. The Bertz CT molecular complexity index is 1960. The van der Waals surface area contributed by atoms with E-state index in [1.807, 2.05) is 0 Å². The Morgan fingerprint density at radius 2 is 1.62 bits per heavy atom. The molecule has 3 aromatic carbocycles. The van der Waals surface area contributed by atoms with Crippen molar-refractivity contribution in [1.29, 1.82) is 0 Å². The number of imide groups is 2. The molecule has 13 heteroatoms. The van der Waals surface area contributed by atoms with Crippen molar-refractivity contribution in [2.45, 2.75) is 35.4 Å². The van der Waals surface area contributed by atoms with Crippen LogP contribution < -0.4 is 14.5 Å². The van der Waals surface area contributed by atoms with E-state index >= 15 is 0 Å². The van der Waals surface area contributed by atoms with Crippen LogP contribution in [-0.2, 0) is 19.2 Å². The van der Waals surface area contributed by atoms with Gasteiger partial charge in [-0.3, -0.25) is 19.2 Å². The summed E-state index contributed by atoms with van der Waals surface area (Å²) in [5, 5.41) is 11.9. The third kappa shape index (κ3) is 4.37. The minimum Gasteiger partial charge on any atom is -0.504 e. The number of anilines is 2. The summed E-state index contributed by atoms with van der Waals surface area (Å²) in [7, 11) is 1.36. The lowest BCUT2D eigenvalue weighted by atomic mass is 9.56. The number of halogens is 5. The summed E-state index contributed by atoms with van der Waals surface area (Å²) in [6, 6.07) is 12.7. The number of hydrogen-bond acceptors (Lipinski definition) is 6. The van der Waals surface area contributed by atoms with E-state index in [1.165, 1.54) is 25.3 Å². The summed E-state index contributed by atoms with van der Waals surface area (Å²) in [6.45, 7) is 1.80. The summed E-state index contributed by atoms with van der Waals surface area (Å²) < 4.78 is 19.8. The maximum Gasteiger partial charge on any atom is 0.258 e. The zero-order valence-corrected chi connectivity index (χ0v) is 28.6. The summed E-state index contributed by atoms with van der Waals surface area (Å²) in [6.07, 6.45) is 1.63. The lowest BCUT2D eigenvalue weighted by molar-refractivity contribution is -0.125. The molecule has 0 bridgehead atoms. The van der Waals surface area contributed by atoms with E-state index in [-0.39, 0.29) is 35.6 Å². The van der Waals surface area contributed by atoms with Crippen molar-refractivity contribution >= 4 is 85.7 Å². The van der Waals surface area contributed by atoms with Crippen LogP contribution in [0.4, 0.5) is 15.8 Å². The summed E-state index contributed by atoms with van der Waals surface area (Å²) in [5.74, 6) is -7.35. The molecule has 2 aliphatic carbocycles. The van der Waals surface area contributed by atoms with Crippen molar-refractivity contribution in [3.63, 3.8) is 0 Å². The number of hydrogen-bond donors (Lipinski definition) is 1. The maximum atomic E-state index is 14.5. The molecule has 47 heavy (non-hydrogen) atoms. The van der Waals surface area contributed by atoms with Crippen molar-refractivity contribution < 1.29 is 33.4 Å².